The lowest BCUT2D eigenvalue weighted by molar-refractivity contribution is -0.0502. The van der Waals surface area contributed by atoms with Crippen LogP contribution in [0.2, 0.25) is 0 Å². The summed E-state index contributed by atoms with van der Waals surface area (Å²) in [6.45, 7) is -0.747. The maximum absolute atomic E-state index is 14.3. The molecule has 2 aromatic carbocycles. The van der Waals surface area contributed by atoms with Gasteiger partial charge in [0.25, 0.3) is 12.3 Å². The highest BCUT2D eigenvalue weighted by molar-refractivity contribution is 6.02. The quantitative estimate of drug-likeness (QED) is 0.358. The van der Waals surface area contributed by atoms with Crippen LogP contribution in [0, 0.1) is 0 Å². The summed E-state index contributed by atoms with van der Waals surface area (Å²) < 4.78 is 67.4. The van der Waals surface area contributed by atoms with Crippen molar-refractivity contribution in [1.82, 2.24) is 19.6 Å². The number of nitrogens with zero attached hydrogens (tertiary/aromatic N) is 4. The fourth-order valence-corrected chi connectivity index (χ4v) is 4.03. The molecule has 35 heavy (non-hydrogen) atoms. The van der Waals surface area contributed by atoms with Gasteiger partial charge in [-0.1, -0.05) is 0 Å². The molecule has 0 aliphatic carbocycles. The average molecular weight is 491 g/mol. The van der Waals surface area contributed by atoms with Gasteiger partial charge in [-0.15, -0.1) is 0 Å². The Labute approximate surface area is 196 Å². The molecule has 0 spiro atoms. The highest BCUT2D eigenvalue weighted by atomic mass is 19.3. The summed E-state index contributed by atoms with van der Waals surface area (Å²) >= 11 is 0. The van der Waals surface area contributed by atoms with E-state index in [1.807, 2.05) is 6.92 Å². The van der Waals surface area contributed by atoms with Crippen molar-refractivity contribution in [3.63, 3.8) is 0 Å². The van der Waals surface area contributed by atoms with E-state index in [2.05, 4.69) is 14.9 Å². The number of alkyl halides is 4. The number of nitrogens with two attached hydrogens (primary N) is 1. The second-order valence-corrected chi connectivity index (χ2v) is 7.61. The van der Waals surface area contributed by atoms with Gasteiger partial charge in [-0.2, -0.15) is 19.0 Å². The molecule has 0 radical (unpaired) electrons. The topological polar surface area (TPSA) is 97.2 Å². The van der Waals surface area contributed by atoms with E-state index in [4.69, 9.17) is 10.5 Å². The normalized spacial score (nSPS) is 11.6. The van der Waals surface area contributed by atoms with Gasteiger partial charge in [0.2, 0.25) is 0 Å². The van der Waals surface area contributed by atoms with Crippen LogP contribution in [0.15, 0.2) is 36.7 Å². The van der Waals surface area contributed by atoms with Crippen molar-refractivity contribution in [3.05, 3.63) is 47.8 Å². The van der Waals surface area contributed by atoms with Gasteiger partial charge in [0, 0.05) is 41.9 Å². The molecule has 4 rings (SSSR count). The molecule has 4 aromatic rings. The fourth-order valence-electron chi connectivity index (χ4n) is 4.03. The van der Waals surface area contributed by atoms with Gasteiger partial charge in [0.15, 0.2) is 0 Å². The highest BCUT2D eigenvalue weighted by Crippen LogP contribution is 2.42. The van der Waals surface area contributed by atoms with Crippen LogP contribution in [0.1, 0.15) is 29.3 Å². The summed E-state index contributed by atoms with van der Waals surface area (Å²) in [5, 5.41) is 8.69. The first-order valence-electron chi connectivity index (χ1n) is 10.4. The van der Waals surface area contributed by atoms with Crippen LogP contribution < -0.4 is 15.2 Å². The second kappa shape index (κ2) is 9.28. The van der Waals surface area contributed by atoms with Crippen molar-refractivity contribution in [2.45, 2.75) is 26.5 Å². The summed E-state index contributed by atoms with van der Waals surface area (Å²) in [6.07, 6.45) is 0.442. The van der Waals surface area contributed by atoms with Crippen LogP contribution in [-0.2, 0) is 13.6 Å². The zero-order chi connectivity index (χ0) is 25.4. The van der Waals surface area contributed by atoms with Crippen molar-refractivity contribution in [3.8, 4) is 33.9 Å². The average Bonchev–Trinajstić information content (AvgIpc) is 3.40. The molecule has 0 atom stereocenters. The Kier molecular flexibility index (Phi) is 6.37. The van der Waals surface area contributed by atoms with Crippen LogP contribution >= 0.6 is 0 Å². The number of halogens is 4. The molecule has 2 aromatic heterocycles. The number of aromatic nitrogens is 4. The number of rotatable bonds is 8. The van der Waals surface area contributed by atoms with Crippen molar-refractivity contribution in [2.75, 3.05) is 7.11 Å². The first-order chi connectivity index (χ1) is 16.6. The van der Waals surface area contributed by atoms with Crippen molar-refractivity contribution < 1.29 is 31.8 Å². The number of amides is 1. The lowest BCUT2D eigenvalue weighted by atomic mass is 9.97. The molecule has 1 amide bonds. The zero-order valence-corrected chi connectivity index (χ0v) is 18.9. The molecule has 0 aliphatic heterocycles. The van der Waals surface area contributed by atoms with E-state index in [1.165, 1.54) is 31.0 Å². The molecular formula is C23H21F4N5O3. The number of carbonyl (C=O) groups excluding carboxylic acids is 1. The molecular weight excluding hydrogens is 470 g/mol. The minimum absolute atomic E-state index is 0.117. The maximum Gasteiger partial charge on any atom is 0.387 e. The predicted octanol–water partition coefficient (Wildman–Crippen LogP) is 4.77. The Balaban J connectivity index is 1.99. The van der Waals surface area contributed by atoms with Crippen molar-refractivity contribution >= 4 is 16.8 Å². The van der Waals surface area contributed by atoms with Gasteiger partial charge in [-0.3, -0.25) is 14.2 Å². The number of fused-ring (bicyclic) bond motifs is 1. The first kappa shape index (κ1) is 24.0. The molecule has 0 fully saturated rings. The van der Waals surface area contributed by atoms with Crippen LogP contribution in [0.4, 0.5) is 17.6 Å². The number of ether oxygens (including phenoxy) is 2. The Morgan fingerprint density at radius 3 is 2.37 bits per heavy atom. The lowest BCUT2D eigenvalue weighted by Crippen LogP contribution is -2.16. The molecule has 184 valence electrons. The third-order valence-electron chi connectivity index (χ3n) is 5.51. The van der Waals surface area contributed by atoms with Crippen molar-refractivity contribution in [2.24, 2.45) is 12.8 Å². The molecule has 12 heteroatoms. The van der Waals surface area contributed by atoms with E-state index >= 15 is 0 Å². The number of carbonyl (C=O) groups is 1. The third kappa shape index (κ3) is 4.38. The number of benzene rings is 2. The van der Waals surface area contributed by atoms with E-state index < -0.39 is 30.3 Å². The van der Waals surface area contributed by atoms with E-state index in [0.29, 0.717) is 17.7 Å². The largest absolute Gasteiger partial charge is 0.496 e. The summed E-state index contributed by atoms with van der Waals surface area (Å²) in [7, 11) is 2.74. The van der Waals surface area contributed by atoms with Gasteiger partial charge in [0.05, 0.1) is 24.5 Å². The predicted molar refractivity (Wildman–Crippen MR) is 120 cm³/mol. The van der Waals surface area contributed by atoms with Crippen LogP contribution in [-0.4, -0.2) is 39.2 Å². The molecule has 0 unspecified atom stereocenters. The number of methoxy groups -OCH3 is 1. The molecule has 0 aliphatic rings. The minimum Gasteiger partial charge on any atom is -0.496 e. The molecule has 2 heterocycles. The Bertz CT molecular complexity index is 1410. The number of hydrogen-bond acceptors (Lipinski definition) is 5. The summed E-state index contributed by atoms with van der Waals surface area (Å²) in [5.74, 6) is -1.75. The number of hydrogen-bond donors (Lipinski definition) is 1. The number of primary amides is 1. The monoisotopic (exact) mass is 491 g/mol. The van der Waals surface area contributed by atoms with E-state index in [-0.39, 0.29) is 33.5 Å². The Hall–Kier alpha value is -4.09. The van der Waals surface area contributed by atoms with Crippen LogP contribution in [0.5, 0.6) is 11.5 Å². The van der Waals surface area contributed by atoms with E-state index in [9.17, 15) is 22.4 Å². The molecule has 8 nitrogen and oxygen atoms in total. The molecule has 0 saturated heterocycles. The van der Waals surface area contributed by atoms with E-state index in [1.54, 1.807) is 23.1 Å². The Morgan fingerprint density at radius 1 is 1.09 bits per heavy atom. The molecule has 2 N–H and O–H groups in total. The van der Waals surface area contributed by atoms with E-state index in [0.717, 1.165) is 6.07 Å². The summed E-state index contributed by atoms with van der Waals surface area (Å²) in [5.41, 5.74) is 6.40. The van der Waals surface area contributed by atoms with Crippen molar-refractivity contribution in [1.29, 1.82) is 0 Å². The summed E-state index contributed by atoms with van der Waals surface area (Å²) in [6, 6.07) is 5.46. The second-order valence-electron chi connectivity index (χ2n) is 7.61. The van der Waals surface area contributed by atoms with Gasteiger partial charge < -0.3 is 15.2 Å². The maximum atomic E-state index is 14.3. The standard InChI is InChI=1S/C23H21F4N5O3/c1-4-32-10-13(9-29-32)11-5-14(21(24)25)18-15(6-11)30-31(2)20(18)12-7-16(34-3)19(22(28)33)17(8-12)35-23(26)27/h5-10,21,23H,4H2,1-3H3,(H2,28,33). The minimum atomic E-state index is -3.26. The highest BCUT2D eigenvalue weighted by Gasteiger charge is 2.26. The number of aryl methyl sites for hydroxylation is 2. The van der Waals surface area contributed by atoms with Crippen LogP contribution in [0.25, 0.3) is 33.3 Å². The Morgan fingerprint density at radius 2 is 1.80 bits per heavy atom. The summed E-state index contributed by atoms with van der Waals surface area (Å²) in [4.78, 5) is 11.9. The zero-order valence-electron chi connectivity index (χ0n) is 18.9. The SMILES string of the molecule is CCn1cc(-c2cc(C(F)F)c3c(-c4cc(OC)c(C(N)=O)c(OC(F)F)c4)n(C)nc3c2)cn1. The van der Waals surface area contributed by atoms with Crippen LogP contribution in [0.3, 0.4) is 0 Å². The van der Waals surface area contributed by atoms with Gasteiger partial charge in [-0.05, 0) is 36.8 Å². The molecule has 0 saturated carbocycles. The first-order valence-corrected chi connectivity index (χ1v) is 10.4. The van der Waals surface area contributed by atoms with Gasteiger partial charge in [0.1, 0.15) is 17.1 Å². The van der Waals surface area contributed by atoms with Gasteiger partial charge >= 0.3 is 6.61 Å². The smallest absolute Gasteiger partial charge is 0.387 e. The fraction of sp³-hybridized carbons (Fsp3) is 0.261. The lowest BCUT2D eigenvalue weighted by Gasteiger charge is -2.15. The van der Waals surface area contributed by atoms with Gasteiger partial charge in [-0.25, -0.2) is 8.78 Å². The molecule has 0 bridgehead atoms. The third-order valence-corrected chi connectivity index (χ3v) is 5.51.